The summed E-state index contributed by atoms with van der Waals surface area (Å²) in [6, 6.07) is 3.17. The van der Waals surface area contributed by atoms with Gasteiger partial charge in [0.25, 0.3) is 0 Å². The molecule has 1 fully saturated rings. The van der Waals surface area contributed by atoms with E-state index in [0.29, 0.717) is 0 Å². The van der Waals surface area contributed by atoms with Crippen LogP contribution in [0.1, 0.15) is 58.8 Å². The lowest BCUT2D eigenvalue weighted by Gasteiger charge is -2.35. The molecule has 1 heterocycles. The average Bonchev–Trinajstić information content (AvgIpc) is 2.43. The standard InChI is InChI=1S/C15H29N3/c1-4-14-9-5-7-11-18(14)12-8-6-10-15(2,13-16)17-3/h14,17H,4-12H2,1-3H3. The molecule has 3 nitrogen and oxygen atoms in total. The minimum atomic E-state index is -0.341. The summed E-state index contributed by atoms with van der Waals surface area (Å²) >= 11 is 0. The van der Waals surface area contributed by atoms with E-state index in [2.05, 4.69) is 23.2 Å². The van der Waals surface area contributed by atoms with E-state index in [1.807, 2.05) is 14.0 Å². The summed E-state index contributed by atoms with van der Waals surface area (Å²) in [6.45, 7) is 6.78. The van der Waals surface area contributed by atoms with Gasteiger partial charge in [-0.1, -0.05) is 13.3 Å². The Morgan fingerprint density at radius 3 is 2.78 bits per heavy atom. The second-order valence-corrected chi connectivity index (χ2v) is 5.74. The minimum Gasteiger partial charge on any atom is -0.303 e. The third-order valence-electron chi connectivity index (χ3n) is 4.39. The molecule has 1 saturated heterocycles. The molecule has 2 unspecified atom stereocenters. The van der Waals surface area contributed by atoms with Crippen LogP contribution in [-0.4, -0.2) is 36.6 Å². The van der Waals surface area contributed by atoms with E-state index in [-0.39, 0.29) is 5.54 Å². The van der Waals surface area contributed by atoms with Crippen LogP contribution in [-0.2, 0) is 0 Å². The summed E-state index contributed by atoms with van der Waals surface area (Å²) in [5, 5.41) is 12.2. The fourth-order valence-corrected chi connectivity index (χ4v) is 2.85. The first kappa shape index (κ1) is 15.5. The molecule has 0 aromatic heterocycles. The van der Waals surface area contributed by atoms with Crippen molar-refractivity contribution in [3.63, 3.8) is 0 Å². The third-order valence-corrected chi connectivity index (χ3v) is 4.39. The van der Waals surface area contributed by atoms with Gasteiger partial charge in [0, 0.05) is 6.04 Å². The molecule has 0 aromatic carbocycles. The van der Waals surface area contributed by atoms with E-state index >= 15 is 0 Å². The Bertz CT molecular complexity index is 271. The molecule has 0 saturated carbocycles. The van der Waals surface area contributed by atoms with Crippen LogP contribution in [0.4, 0.5) is 0 Å². The van der Waals surface area contributed by atoms with Crippen LogP contribution in [0.25, 0.3) is 0 Å². The van der Waals surface area contributed by atoms with Crippen molar-refractivity contribution in [2.24, 2.45) is 0 Å². The average molecular weight is 251 g/mol. The first-order valence-corrected chi connectivity index (χ1v) is 7.49. The number of likely N-dealkylation sites (tertiary alicyclic amines) is 1. The number of piperidine rings is 1. The number of nitrogens with zero attached hydrogens (tertiary/aromatic N) is 2. The van der Waals surface area contributed by atoms with Gasteiger partial charge in [-0.15, -0.1) is 0 Å². The Morgan fingerprint density at radius 2 is 2.17 bits per heavy atom. The maximum atomic E-state index is 9.09. The molecule has 0 spiro atoms. The van der Waals surface area contributed by atoms with Gasteiger partial charge in [0.05, 0.1) is 6.07 Å². The maximum Gasteiger partial charge on any atom is 0.103 e. The SMILES string of the molecule is CCC1CCCCN1CCCCC(C)(C#N)NC. The largest absolute Gasteiger partial charge is 0.303 e. The molecule has 1 N–H and O–H groups in total. The van der Waals surface area contributed by atoms with Crippen LogP contribution in [0.5, 0.6) is 0 Å². The lowest BCUT2D eigenvalue weighted by atomic mass is 9.96. The molecule has 0 bridgehead atoms. The molecular weight excluding hydrogens is 222 g/mol. The van der Waals surface area contributed by atoms with Crippen molar-refractivity contribution in [2.45, 2.75) is 70.4 Å². The van der Waals surface area contributed by atoms with Gasteiger partial charge in [0.2, 0.25) is 0 Å². The highest BCUT2D eigenvalue weighted by Crippen LogP contribution is 2.20. The van der Waals surface area contributed by atoms with Crippen molar-refractivity contribution in [3.8, 4) is 6.07 Å². The molecule has 0 radical (unpaired) electrons. The second kappa shape index (κ2) is 7.76. The fraction of sp³-hybridized carbons (Fsp3) is 0.933. The summed E-state index contributed by atoms with van der Waals surface area (Å²) in [7, 11) is 1.88. The van der Waals surface area contributed by atoms with Gasteiger partial charge in [-0.2, -0.15) is 5.26 Å². The second-order valence-electron chi connectivity index (χ2n) is 5.74. The van der Waals surface area contributed by atoms with Crippen molar-refractivity contribution in [1.29, 1.82) is 5.26 Å². The van der Waals surface area contributed by atoms with Gasteiger partial charge in [0.1, 0.15) is 5.54 Å². The van der Waals surface area contributed by atoms with Crippen LogP contribution in [0.3, 0.4) is 0 Å². The van der Waals surface area contributed by atoms with Crippen molar-refractivity contribution >= 4 is 0 Å². The topological polar surface area (TPSA) is 39.1 Å². The Balaban J connectivity index is 2.23. The van der Waals surface area contributed by atoms with Gasteiger partial charge >= 0.3 is 0 Å². The van der Waals surface area contributed by atoms with Gasteiger partial charge in [-0.3, -0.25) is 0 Å². The van der Waals surface area contributed by atoms with Gasteiger partial charge < -0.3 is 10.2 Å². The monoisotopic (exact) mass is 251 g/mol. The lowest BCUT2D eigenvalue weighted by Crippen LogP contribution is -2.40. The van der Waals surface area contributed by atoms with E-state index in [1.165, 1.54) is 45.2 Å². The van der Waals surface area contributed by atoms with Gasteiger partial charge in [-0.05, 0) is 65.6 Å². The molecule has 18 heavy (non-hydrogen) atoms. The fourth-order valence-electron chi connectivity index (χ4n) is 2.85. The van der Waals surface area contributed by atoms with Gasteiger partial charge in [-0.25, -0.2) is 0 Å². The normalized spacial score (nSPS) is 24.4. The van der Waals surface area contributed by atoms with E-state index < -0.39 is 0 Å². The Morgan fingerprint density at radius 1 is 1.39 bits per heavy atom. The maximum absolute atomic E-state index is 9.09. The highest BCUT2D eigenvalue weighted by atomic mass is 15.2. The van der Waals surface area contributed by atoms with Crippen molar-refractivity contribution in [2.75, 3.05) is 20.1 Å². The highest BCUT2D eigenvalue weighted by Gasteiger charge is 2.22. The number of nitriles is 1. The van der Waals surface area contributed by atoms with Crippen molar-refractivity contribution in [3.05, 3.63) is 0 Å². The van der Waals surface area contributed by atoms with Crippen LogP contribution in [0.2, 0.25) is 0 Å². The van der Waals surface area contributed by atoms with E-state index in [9.17, 15) is 0 Å². The van der Waals surface area contributed by atoms with E-state index in [1.54, 1.807) is 0 Å². The number of nitrogens with one attached hydrogen (secondary N) is 1. The van der Waals surface area contributed by atoms with E-state index in [0.717, 1.165) is 18.9 Å². The zero-order chi connectivity index (χ0) is 13.4. The molecule has 104 valence electrons. The number of hydrogen-bond acceptors (Lipinski definition) is 3. The summed E-state index contributed by atoms with van der Waals surface area (Å²) in [6.07, 6.45) is 8.73. The molecular formula is C15H29N3. The quantitative estimate of drug-likeness (QED) is 0.707. The molecule has 0 amide bonds. The number of hydrogen-bond donors (Lipinski definition) is 1. The number of rotatable bonds is 7. The van der Waals surface area contributed by atoms with Crippen molar-refractivity contribution < 1.29 is 0 Å². The zero-order valence-electron chi connectivity index (χ0n) is 12.3. The highest BCUT2D eigenvalue weighted by molar-refractivity contribution is 5.02. The molecule has 0 aromatic rings. The first-order chi connectivity index (χ1) is 8.65. The summed E-state index contributed by atoms with van der Waals surface area (Å²) in [5.41, 5.74) is -0.341. The molecule has 2 atom stereocenters. The Labute approximate surface area is 113 Å². The molecule has 0 aliphatic carbocycles. The Kier molecular flexibility index (Phi) is 6.67. The van der Waals surface area contributed by atoms with Crippen LogP contribution in [0.15, 0.2) is 0 Å². The summed E-state index contributed by atoms with van der Waals surface area (Å²) < 4.78 is 0. The van der Waals surface area contributed by atoms with Crippen molar-refractivity contribution in [1.82, 2.24) is 10.2 Å². The lowest BCUT2D eigenvalue weighted by molar-refractivity contribution is 0.140. The molecule has 3 heteroatoms. The van der Waals surface area contributed by atoms with E-state index in [4.69, 9.17) is 5.26 Å². The zero-order valence-corrected chi connectivity index (χ0v) is 12.3. The number of unbranched alkanes of at least 4 members (excludes halogenated alkanes) is 1. The van der Waals surface area contributed by atoms with Crippen LogP contribution in [0, 0.1) is 11.3 Å². The smallest absolute Gasteiger partial charge is 0.103 e. The van der Waals surface area contributed by atoms with Crippen LogP contribution >= 0.6 is 0 Å². The predicted molar refractivity (Wildman–Crippen MR) is 76.4 cm³/mol. The minimum absolute atomic E-state index is 0.341. The summed E-state index contributed by atoms with van der Waals surface area (Å²) in [4.78, 5) is 2.66. The molecule has 1 aliphatic heterocycles. The molecule has 1 rings (SSSR count). The first-order valence-electron chi connectivity index (χ1n) is 7.49. The molecule has 1 aliphatic rings. The predicted octanol–water partition coefficient (Wildman–Crippen LogP) is 2.92. The third kappa shape index (κ3) is 4.59. The van der Waals surface area contributed by atoms with Gasteiger partial charge in [0.15, 0.2) is 0 Å². The Hall–Kier alpha value is -0.590. The van der Waals surface area contributed by atoms with Crippen LogP contribution < -0.4 is 5.32 Å². The summed E-state index contributed by atoms with van der Waals surface area (Å²) in [5.74, 6) is 0.